The summed E-state index contributed by atoms with van der Waals surface area (Å²) >= 11 is 0. The molecule has 0 fully saturated rings. The van der Waals surface area contributed by atoms with Crippen LogP contribution in [0.4, 0.5) is 3.89 Å². The first-order valence-corrected chi connectivity index (χ1v) is 6.57. The molecular formula is C12H11FO3S. The first kappa shape index (κ1) is 11.9. The third-order valence-corrected chi connectivity index (χ3v) is 2.94. The molecule has 1 aromatic carbocycles. The highest BCUT2D eigenvalue weighted by Crippen LogP contribution is 2.23. The molecule has 5 heteroatoms. The lowest BCUT2D eigenvalue weighted by atomic mass is 10.1. The van der Waals surface area contributed by atoms with Crippen LogP contribution in [0.2, 0.25) is 0 Å². The van der Waals surface area contributed by atoms with Crippen LogP contribution in [0, 0.1) is 6.92 Å². The minimum Gasteiger partial charge on any atom is -0.460 e. The van der Waals surface area contributed by atoms with Gasteiger partial charge in [-0.1, -0.05) is 29.8 Å². The maximum absolute atomic E-state index is 12.5. The van der Waals surface area contributed by atoms with Crippen molar-refractivity contribution >= 4 is 10.2 Å². The molecular weight excluding hydrogens is 243 g/mol. The van der Waals surface area contributed by atoms with E-state index in [1.54, 1.807) is 6.07 Å². The van der Waals surface area contributed by atoms with Crippen molar-refractivity contribution in [2.24, 2.45) is 0 Å². The van der Waals surface area contributed by atoms with Gasteiger partial charge in [-0.05, 0) is 19.1 Å². The minimum atomic E-state index is -4.55. The summed E-state index contributed by atoms with van der Waals surface area (Å²) in [6, 6.07) is 10.7. The lowest BCUT2D eigenvalue weighted by Crippen LogP contribution is -1.93. The van der Waals surface area contributed by atoms with Gasteiger partial charge in [0.05, 0.1) is 0 Å². The second-order valence-electron chi connectivity index (χ2n) is 3.82. The van der Waals surface area contributed by atoms with Gasteiger partial charge in [0.15, 0.2) is 0 Å². The van der Waals surface area contributed by atoms with Crippen molar-refractivity contribution in [1.82, 2.24) is 0 Å². The Balaban J connectivity index is 2.27. The molecule has 1 heterocycles. The summed E-state index contributed by atoms with van der Waals surface area (Å²) in [5.41, 5.74) is 1.95. The van der Waals surface area contributed by atoms with E-state index in [-0.39, 0.29) is 5.76 Å². The first-order valence-electron chi connectivity index (χ1n) is 5.02. The summed E-state index contributed by atoms with van der Waals surface area (Å²) in [7, 11) is -4.55. The Kier molecular flexibility index (Phi) is 3.02. The van der Waals surface area contributed by atoms with Gasteiger partial charge in [-0.2, -0.15) is 8.42 Å². The van der Waals surface area contributed by atoms with Crippen LogP contribution in [0.5, 0.6) is 0 Å². The standard InChI is InChI=1S/C12H11FO3S/c1-9-2-4-10(5-3-9)12-7-6-11(16-12)8-17(13,14)15/h2-7H,8H2,1H3. The molecule has 1 aromatic heterocycles. The number of rotatable bonds is 3. The molecule has 2 aromatic rings. The monoisotopic (exact) mass is 254 g/mol. The Morgan fingerprint density at radius 3 is 2.35 bits per heavy atom. The molecule has 0 unspecified atom stereocenters. The Morgan fingerprint density at radius 1 is 1.12 bits per heavy atom. The van der Waals surface area contributed by atoms with Gasteiger partial charge in [-0.25, -0.2) is 0 Å². The van der Waals surface area contributed by atoms with Crippen LogP contribution >= 0.6 is 0 Å². The third kappa shape index (κ3) is 3.17. The van der Waals surface area contributed by atoms with E-state index >= 15 is 0 Å². The molecule has 0 aliphatic heterocycles. The van der Waals surface area contributed by atoms with Crippen molar-refractivity contribution in [2.45, 2.75) is 12.7 Å². The van der Waals surface area contributed by atoms with Crippen molar-refractivity contribution in [3.05, 3.63) is 47.7 Å². The predicted molar refractivity (Wildman–Crippen MR) is 62.6 cm³/mol. The van der Waals surface area contributed by atoms with Gasteiger partial charge in [0.25, 0.3) is 0 Å². The zero-order chi connectivity index (χ0) is 12.5. The molecule has 0 spiro atoms. The molecule has 0 saturated carbocycles. The van der Waals surface area contributed by atoms with E-state index in [9.17, 15) is 12.3 Å². The van der Waals surface area contributed by atoms with Gasteiger partial charge in [0.2, 0.25) is 0 Å². The molecule has 0 atom stereocenters. The topological polar surface area (TPSA) is 47.3 Å². The van der Waals surface area contributed by atoms with Crippen LogP contribution in [0.1, 0.15) is 11.3 Å². The quantitative estimate of drug-likeness (QED) is 0.791. The van der Waals surface area contributed by atoms with Gasteiger partial charge in [-0.3, -0.25) is 0 Å². The Labute approximate surface area is 99.1 Å². The van der Waals surface area contributed by atoms with E-state index in [0.717, 1.165) is 11.1 Å². The lowest BCUT2D eigenvalue weighted by molar-refractivity contribution is 0.516. The fourth-order valence-electron chi connectivity index (χ4n) is 1.50. The average molecular weight is 254 g/mol. The zero-order valence-electron chi connectivity index (χ0n) is 9.18. The molecule has 0 aliphatic carbocycles. The highest BCUT2D eigenvalue weighted by molar-refractivity contribution is 7.85. The third-order valence-electron chi connectivity index (χ3n) is 2.31. The number of furan rings is 1. The molecule has 0 radical (unpaired) electrons. The van der Waals surface area contributed by atoms with Crippen molar-refractivity contribution in [3.63, 3.8) is 0 Å². The van der Waals surface area contributed by atoms with E-state index in [1.807, 2.05) is 31.2 Å². The first-order chi connectivity index (χ1) is 7.94. The van der Waals surface area contributed by atoms with E-state index in [1.165, 1.54) is 6.07 Å². The Morgan fingerprint density at radius 2 is 1.76 bits per heavy atom. The van der Waals surface area contributed by atoms with E-state index in [2.05, 4.69) is 0 Å². The van der Waals surface area contributed by atoms with Crippen molar-refractivity contribution in [1.29, 1.82) is 0 Å². The normalized spacial score (nSPS) is 11.6. The maximum atomic E-state index is 12.5. The van der Waals surface area contributed by atoms with Crippen molar-refractivity contribution in [3.8, 4) is 11.3 Å². The molecule has 3 nitrogen and oxygen atoms in total. The zero-order valence-corrected chi connectivity index (χ0v) is 10.00. The van der Waals surface area contributed by atoms with Crippen molar-refractivity contribution in [2.75, 3.05) is 0 Å². The smallest absolute Gasteiger partial charge is 0.309 e. The fourth-order valence-corrected chi connectivity index (χ4v) is 1.99. The highest BCUT2D eigenvalue weighted by Gasteiger charge is 2.13. The van der Waals surface area contributed by atoms with Gasteiger partial charge < -0.3 is 4.42 Å². The number of hydrogen-bond donors (Lipinski definition) is 0. The van der Waals surface area contributed by atoms with Crippen LogP contribution in [0.15, 0.2) is 40.8 Å². The van der Waals surface area contributed by atoms with Gasteiger partial charge in [0.1, 0.15) is 17.3 Å². The SMILES string of the molecule is Cc1ccc(-c2ccc(CS(=O)(=O)F)o2)cc1. The molecule has 0 N–H and O–H groups in total. The summed E-state index contributed by atoms with van der Waals surface area (Å²) in [5.74, 6) is -0.0921. The van der Waals surface area contributed by atoms with Crippen molar-refractivity contribution < 1.29 is 16.7 Å². The average Bonchev–Trinajstić information content (AvgIpc) is 2.64. The van der Waals surface area contributed by atoms with Crippen LogP contribution in [0.25, 0.3) is 11.3 Å². The van der Waals surface area contributed by atoms with Gasteiger partial charge >= 0.3 is 10.2 Å². The molecule has 2 rings (SSSR count). The summed E-state index contributed by atoms with van der Waals surface area (Å²) in [6.07, 6.45) is 0. The maximum Gasteiger partial charge on any atom is 0.309 e. The molecule has 17 heavy (non-hydrogen) atoms. The lowest BCUT2D eigenvalue weighted by Gasteiger charge is -1.97. The van der Waals surface area contributed by atoms with Crippen LogP contribution in [-0.4, -0.2) is 8.42 Å². The second-order valence-corrected chi connectivity index (χ2v) is 5.18. The number of hydrogen-bond acceptors (Lipinski definition) is 3. The van der Waals surface area contributed by atoms with E-state index in [4.69, 9.17) is 4.42 Å². The second kappa shape index (κ2) is 4.33. The fraction of sp³-hybridized carbons (Fsp3) is 0.167. The minimum absolute atomic E-state index is 0.100. The van der Waals surface area contributed by atoms with E-state index in [0.29, 0.717) is 5.76 Å². The highest BCUT2D eigenvalue weighted by atomic mass is 32.3. The summed E-state index contributed by atoms with van der Waals surface area (Å²) in [6.45, 7) is 1.97. The van der Waals surface area contributed by atoms with E-state index < -0.39 is 16.0 Å². The Hall–Kier alpha value is -1.62. The predicted octanol–water partition coefficient (Wildman–Crippen LogP) is 3.05. The summed E-state index contributed by atoms with van der Waals surface area (Å²) < 4.78 is 38.6. The molecule has 90 valence electrons. The van der Waals surface area contributed by atoms with Crippen LogP contribution in [0.3, 0.4) is 0 Å². The molecule has 0 amide bonds. The molecule has 0 bridgehead atoms. The number of benzene rings is 1. The summed E-state index contributed by atoms with van der Waals surface area (Å²) in [4.78, 5) is 0. The summed E-state index contributed by atoms with van der Waals surface area (Å²) in [5, 5.41) is 0. The van der Waals surface area contributed by atoms with Crippen LogP contribution < -0.4 is 0 Å². The van der Waals surface area contributed by atoms with Gasteiger partial charge in [0, 0.05) is 5.56 Å². The largest absolute Gasteiger partial charge is 0.460 e. The Bertz CT molecular complexity index is 611. The number of halogens is 1. The number of aryl methyl sites for hydroxylation is 1. The van der Waals surface area contributed by atoms with Gasteiger partial charge in [-0.15, -0.1) is 3.89 Å². The van der Waals surface area contributed by atoms with Crippen LogP contribution in [-0.2, 0) is 16.0 Å². The molecule has 0 aliphatic rings. The molecule has 0 saturated heterocycles.